The Morgan fingerprint density at radius 1 is 1.29 bits per heavy atom. The number of aromatic nitrogens is 1. The molecular formula is C19H19F5N4O3. The molecule has 0 radical (unpaired) electrons. The zero-order valence-corrected chi connectivity index (χ0v) is 16.2. The number of nitrogens with one attached hydrogen (secondary N) is 2. The maximum Gasteiger partial charge on any atom is 0.342 e. The largest absolute Gasteiger partial charge is 0.394 e. The second-order valence-electron chi connectivity index (χ2n) is 6.42. The van der Waals surface area contributed by atoms with Crippen LogP contribution in [0.25, 0.3) is 0 Å². The fraction of sp³-hybridized carbons (Fsp3) is 0.263. The van der Waals surface area contributed by atoms with E-state index in [1.807, 2.05) is 6.92 Å². The molecule has 4 N–H and O–H groups in total. The molecule has 0 saturated carbocycles. The Morgan fingerprint density at radius 3 is 2.42 bits per heavy atom. The number of aliphatic hydroxyl groups excluding tert-OH is 2. The van der Waals surface area contributed by atoms with Gasteiger partial charge in [-0.1, -0.05) is 6.58 Å². The van der Waals surface area contributed by atoms with Gasteiger partial charge in [0.25, 0.3) is 0 Å². The van der Waals surface area contributed by atoms with Crippen LogP contribution in [0.3, 0.4) is 0 Å². The van der Waals surface area contributed by atoms with E-state index in [0.29, 0.717) is 11.5 Å². The van der Waals surface area contributed by atoms with Crippen LogP contribution in [0, 0.1) is 24.4 Å². The Morgan fingerprint density at radius 2 is 1.87 bits per heavy atom. The van der Waals surface area contributed by atoms with Crippen LogP contribution in [0.1, 0.15) is 17.2 Å². The third-order valence-electron chi connectivity index (χ3n) is 4.09. The minimum atomic E-state index is -3.17. The van der Waals surface area contributed by atoms with Gasteiger partial charge >= 0.3 is 6.61 Å². The Hall–Kier alpha value is -3.25. The van der Waals surface area contributed by atoms with E-state index >= 15 is 0 Å². The molecule has 1 unspecified atom stereocenters. The quantitative estimate of drug-likeness (QED) is 0.417. The van der Waals surface area contributed by atoms with Crippen molar-refractivity contribution in [2.24, 2.45) is 0 Å². The molecule has 2 aromatic rings. The molecule has 1 aromatic heterocycles. The molecule has 1 aliphatic rings. The van der Waals surface area contributed by atoms with E-state index in [1.165, 1.54) is 4.90 Å². The van der Waals surface area contributed by atoms with Crippen LogP contribution in [-0.2, 0) is 4.79 Å². The molecule has 168 valence electrons. The van der Waals surface area contributed by atoms with Crippen LogP contribution < -0.4 is 15.5 Å². The SMILES string of the molecule is C=C(NC(CO)c1cc(F)c(F)c(F)c1)N1CC(=O)Nc2cc(C)cnc21.OC(F)F. The van der Waals surface area contributed by atoms with Crippen LogP contribution in [-0.4, -0.2) is 40.9 Å². The maximum atomic E-state index is 13.5. The lowest BCUT2D eigenvalue weighted by Gasteiger charge is -2.33. The first-order chi connectivity index (χ1) is 14.5. The summed E-state index contributed by atoms with van der Waals surface area (Å²) >= 11 is 0. The first-order valence-corrected chi connectivity index (χ1v) is 8.74. The zero-order valence-electron chi connectivity index (χ0n) is 16.2. The van der Waals surface area contributed by atoms with Crippen LogP contribution in [0.4, 0.5) is 33.5 Å². The minimum Gasteiger partial charge on any atom is -0.394 e. The van der Waals surface area contributed by atoms with Gasteiger partial charge < -0.3 is 25.7 Å². The van der Waals surface area contributed by atoms with Gasteiger partial charge in [0.05, 0.1) is 18.3 Å². The third-order valence-corrected chi connectivity index (χ3v) is 4.09. The number of rotatable bonds is 5. The number of aliphatic hydroxyl groups is 2. The summed E-state index contributed by atoms with van der Waals surface area (Å²) < 4.78 is 59.9. The Labute approximate surface area is 173 Å². The fourth-order valence-corrected chi connectivity index (χ4v) is 2.79. The summed E-state index contributed by atoms with van der Waals surface area (Å²) in [4.78, 5) is 17.7. The first-order valence-electron chi connectivity index (χ1n) is 8.74. The van der Waals surface area contributed by atoms with Crippen molar-refractivity contribution in [2.75, 3.05) is 23.4 Å². The minimum absolute atomic E-state index is 0.00593. The van der Waals surface area contributed by atoms with Crippen molar-refractivity contribution in [3.8, 4) is 0 Å². The number of carbonyl (C=O) groups is 1. The zero-order chi connectivity index (χ0) is 23.3. The third kappa shape index (κ3) is 6.12. The first kappa shape index (κ1) is 24.0. The average Bonchev–Trinajstić information content (AvgIpc) is 2.68. The Bertz CT molecular complexity index is 948. The summed E-state index contributed by atoms with van der Waals surface area (Å²) in [6.45, 7) is 1.86. The summed E-state index contributed by atoms with van der Waals surface area (Å²) in [5.41, 5.74) is 1.34. The highest BCUT2D eigenvalue weighted by Crippen LogP contribution is 2.30. The van der Waals surface area contributed by atoms with Crippen molar-refractivity contribution >= 4 is 17.4 Å². The number of pyridine rings is 1. The molecule has 1 amide bonds. The van der Waals surface area contributed by atoms with Gasteiger partial charge in [-0.2, -0.15) is 8.78 Å². The number of carbonyl (C=O) groups excluding carboxylic acids is 1. The summed E-state index contributed by atoms with van der Waals surface area (Å²) in [6.07, 6.45) is 1.62. The van der Waals surface area contributed by atoms with Crippen LogP contribution >= 0.6 is 0 Å². The molecule has 1 aromatic carbocycles. The molecule has 7 nitrogen and oxygen atoms in total. The molecule has 0 bridgehead atoms. The topological polar surface area (TPSA) is 97.7 Å². The van der Waals surface area contributed by atoms with Crippen LogP contribution in [0.2, 0.25) is 0 Å². The molecular weight excluding hydrogens is 427 g/mol. The number of nitrogens with zero attached hydrogens (tertiary/aromatic N) is 2. The molecule has 0 aliphatic carbocycles. The highest BCUT2D eigenvalue weighted by atomic mass is 19.3. The second-order valence-corrected chi connectivity index (χ2v) is 6.42. The van der Waals surface area contributed by atoms with E-state index in [1.54, 1.807) is 12.3 Å². The summed E-state index contributed by atoms with van der Waals surface area (Å²) in [5, 5.41) is 21.8. The summed E-state index contributed by atoms with van der Waals surface area (Å²) in [5.74, 6) is -3.99. The highest BCUT2D eigenvalue weighted by molar-refractivity contribution is 6.01. The molecule has 3 rings (SSSR count). The van der Waals surface area contributed by atoms with Crippen molar-refractivity contribution < 1.29 is 37.0 Å². The number of hydrogen-bond donors (Lipinski definition) is 4. The van der Waals surface area contributed by atoms with Gasteiger partial charge in [0, 0.05) is 6.20 Å². The summed E-state index contributed by atoms with van der Waals surface area (Å²) in [6, 6.07) is 2.35. The number of halogens is 5. The molecule has 31 heavy (non-hydrogen) atoms. The van der Waals surface area contributed by atoms with Gasteiger partial charge in [0.15, 0.2) is 23.3 Å². The lowest BCUT2D eigenvalue weighted by atomic mass is 10.1. The van der Waals surface area contributed by atoms with Gasteiger partial charge in [-0.05, 0) is 36.2 Å². The monoisotopic (exact) mass is 446 g/mol. The van der Waals surface area contributed by atoms with Gasteiger partial charge in [0.2, 0.25) is 5.91 Å². The Kier molecular flexibility index (Phi) is 7.89. The van der Waals surface area contributed by atoms with Gasteiger partial charge in [-0.15, -0.1) is 0 Å². The van der Waals surface area contributed by atoms with Crippen molar-refractivity contribution in [1.29, 1.82) is 0 Å². The number of hydrogen-bond acceptors (Lipinski definition) is 6. The predicted octanol–water partition coefficient (Wildman–Crippen LogP) is 2.56. The number of amides is 1. The molecule has 0 spiro atoms. The van der Waals surface area contributed by atoms with Crippen LogP contribution in [0.15, 0.2) is 36.8 Å². The van der Waals surface area contributed by atoms with Gasteiger partial charge in [-0.25, -0.2) is 18.2 Å². The standard InChI is InChI=1S/C18H17F3N4O2.CH2F2O/c1-9-3-14-18(22-6-9)25(7-16(27)24-14)10(2)23-15(8-26)11-4-12(19)17(21)13(20)5-11;2-1(3)4/h3-6,15,23,26H,2,7-8H2,1H3,(H,24,27);1,4H. The molecule has 12 heteroatoms. The summed E-state index contributed by atoms with van der Waals surface area (Å²) in [7, 11) is 0. The maximum absolute atomic E-state index is 13.5. The molecule has 2 heterocycles. The smallest absolute Gasteiger partial charge is 0.342 e. The number of benzene rings is 1. The van der Waals surface area contributed by atoms with E-state index in [4.69, 9.17) is 5.11 Å². The molecule has 0 fully saturated rings. The fourth-order valence-electron chi connectivity index (χ4n) is 2.79. The van der Waals surface area contributed by atoms with Gasteiger partial charge in [-0.3, -0.25) is 4.79 Å². The molecule has 1 aliphatic heterocycles. The normalized spacial score (nSPS) is 13.7. The van der Waals surface area contributed by atoms with E-state index in [0.717, 1.165) is 17.7 Å². The van der Waals surface area contributed by atoms with Crippen molar-refractivity contribution in [3.05, 3.63) is 65.4 Å². The van der Waals surface area contributed by atoms with Crippen molar-refractivity contribution in [1.82, 2.24) is 10.3 Å². The lowest BCUT2D eigenvalue weighted by molar-refractivity contribution is -0.115. The van der Waals surface area contributed by atoms with Crippen molar-refractivity contribution in [2.45, 2.75) is 19.6 Å². The number of aryl methyl sites for hydroxylation is 1. The van der Waals surface area contributed by atoms with E-state index in [2.05, 4.69) is 22.2 Å². The highest BCUT2D eigenvalue weighted by Gasteiger charge is 2.27. The van der Waals surface area contributed by atoms with E-state index in [-0.39, 0.29) is 23.8 Å². The lowest BCUT2D eigenvalue weighted by Crippen LogP contribution is -2.43. The van der Waals surface area contributed by atoms with E-state index < -0.39 is 36.7 Å². The average molecular weight is 446 g/mol. The number of anilines is 2. The number of alkyl halides is 2. The second kappa shape index (κ2) is 10.2. The number of fused-ring (bicyclic) bond motifs is 1. The Balaban J connectivity index is 0.000000785. The van der Waals surface area contributed by atoms with E-state index in [9.17, 15) is 31.9 Å². The molecule has 0 saturated heterocycles. The van der Waals surface area contributed by atoms with Gasteiger partial charge in [0.1, 0.15) is 12.4 Å². The predicted molar refractivity (Wildman–Crippen MR) is 102 cm³/mol. The van der Waals surface area contributed by atoms with Crippen LogP contribution in [0.5, 0.6) is 0 Å². The molecule has 1 atom stereocenters. The van der Waals surface area contributed by atoms with Crippen molar-refractivity contribution in [3.63, 3.8) is 0 Å².